The van der Waals surface area contributed by atoms with Gasteiger partial charge in [0.2, 0.25) is 0 Å². The van der Waals surface area contributed by atoms with Gasteiger partial charge in [-0.1, -0.05) is 6.08 Å². The number of pyridine rings is 1. The molecule has 1 aromatic heterocycles. The molecule has 5 nitrogen and oxygen atoms in total. The van der Waals surface area contributed by atoms with Crippen LogP contribution in [0.15, 0.2) is 25.0 Å². The fourth-order valence-electron chi connectivity index (χ4n) is 3.22. The first kappa shape index (κ1) is 15.0. The van der Waals surface area contributed by atoms with E-state index in [0.717, 1.165) is 50.0 Å². The number of carbonyl (C=O) groups excluding carboxylic acids is 1. The Labute approximate surface area is 131 Å². The zero-order valence-electron chi connectivity index (χ0n) is 13.0. The Hall–Kier alpha value is -1.88. The zero-order chi connectivity index (χ0) is 15.4. The molecule has 0 bridgehead atoms. The van der Waals surface area contributed by atoms with Crippen molar-refractivity contribution in [2.24, 2.45) is 0 Å². The first-order valence-corrected chi connectivity index (χ1v) is 7.96. The number of urea groups is 1. The van der Waals surface area contributed by atoms with Gasteiger partial charge in [-0.2, -0.15) is 0 Å². The SMILES string of the molecule is C=CCOCc1cncc2c1CCN(C(=O)N1CCCC1)C2. The lowest BCUT2D eigenvalue weighted by molar-refractivity contribution is 0.145. The second-order valence-electron chi connectivity index (χ2n) is 5.89. The van der Waals surface area contributed by atoms with E-state index in [2.05, 4.69) is 11.6 Å². The van der Waals surface area contributed by atoms with Crippen molar-refractivity contribution in [2.75, 3.05) is 26.2 Å². The summed E-state index contributed by atoms with van der Waals surface area (Å²) < 4.78 is 5.54. The van der Waals surface area contributed by atoms with Gasteiger partial charge in [-0.05, 0) is 36.0 Å². The molecular weight excluding hydrogens is 278 g/mol. The van der Waals surface area contributed by atoms with E-state index >= 15 is 0 Å². The van der Waals surface area contributed by atoms with Crippen molar-refractivity contribution in [2.45, 2.75) is 32.4 Å². The molecule has 0 saturated carbocycles. The van der Waals surface area contributed by atoms with Crippen molar-refractivity contribution in [1.29, 1.82) is 0 Å². The molecule has 0 aromatic carbocycles. The average Bonchev–Trinajstić information content (AvgIpc) is 3.08. The highest BCUT2D eigenvalue weighted by molar-refractivity contribution is 5.75. The van der Waals surface area contributed by atoms with Crippen molar-refractivity contribution >= 4 is 6.03 Å². The van der Waals surface area contributed by atoms with E-state index in [-0.39, 0.29) is 6.03 Å². The van der Waals surface area contributed by atoms with Crippen LogP contribution in [-0.2, 0) is 24.3 Å². The number of amides is 2. The van der Waals surface area contributed by atoms with Gasteiger partial charge in [0, 0.05) is 38.6 Å². The normalized spacial score (nSPS) is 17.5. The molecular formula is C17H23N3O2. The Bertz CT molecular complexity index is 553. The lowest BCUT2D eigenvalue weighted by atomic mass is 9.97. The highest BCUT2D eigenvalue weighted by Crippen LogP contribution is 2.23. The van der Waals surface area contributed by atoms with E-state index in [9.17, 15) is 4.79 Å². The van der Waals surface area contributed by atoms with Crippen molar-refractivity contribution < 1.29 is 9.53 Å². The van der Waals surface area contributed by atoms with Crippen LogP contribution in [-0.4, -0.2) is 47.1 Å². The number of hydrogen-bond donors (Lipinski definition) is 0. The highest BCUT2D eigenvalue weighted by Gasteiger charge is 2.27. The van der Waals surface area contributed by atoms with E-state index < -0.39 is 0 Å². The van der Waals surface area contributed by atoms with Crippen LogP contribution in [0.1, 0.15) is 29.5 Å². The smallest absolute Gasteiger partial charge is 0.320 e. The molecule has 0 radical (unpaired) electrons. The minimum Gasteiger partial charge on any atom is -0.373 e. The maximum atomic E-state index is 12.5. The van der Waals surface area contributed by atoms with Gasteiger partial charge < -0.3 is 14.5 Å². The van der Waals surface area contributed by atoms with Gasteiger partial charge >= 0.3 is 6.03 Å². The number of nitrogens with zero attached hydrogens (tertiary/aromatic N) is 3. The molecule has 2 amide bonds. The molecule has 3 heterocycles. The van der Waals surface area contributed by atoms with Crippen LogP contribution in [0.25, 0.3) is 0 Å². The number of ether oxygens (including phenoxy) is 1. The summed E-state index contributed by atoms with van der Waals surface area (Å²) >= 11 is 0. The van der Waals surface area contributed by atoms with Crippen LogP contribution in [0.3, 0.4) is 0 Å². The second-order valence-corrected chi connectivity index (χ2v) is 5.89. The van der Waals surface area contributed by atoms with E-state index in [4.69, 9.17) is 4.74 Å². The van der Waals surface area contributed by atoms with Gasteiger partial charge in [0.15, 0.2) is 0 Å². The van der Waals surface area contributed by atoms with Gasteiger partial charge in [-0.3, -0.25) is 4.98 Å². The number of aromatic nitrogens is 1. The summed E-state index contributed by atoms with van der Waals surface area (Å²) in [5.74, 6) is 0. The van der Waals surface area contributed by atoms with Gasteiger partial charge in [0.25, 0.3) is 0 Å². The molecule has 2 aliphatic heterocycles. The van der Waals surface area contributed by atoms with Crippen molar-refractivity contribution in [3.8, 4) is 0 Å². The molecule has 0 atom stereocenters. The average molecular weight is 301 g/mol. The number of fused-ring (bicyclic) bond motifs is 1. The third-order valence-electron chi connectivity index (χ3n) is 4.37. The topological polar surface area (TPSA) is 45.7 Å². The fraction of sp³-hybridized carbons (Fsp3) is 0.529. The number of likely N-dealkylation sites (tertiary alicyclic amines) is 1. The summed E-state index contributed by atoms with van der Waals surface area (Å²) in [6.07, 6.45) is 8.64. The van der Waals surface area contributed by atoms with E-state index in [0.29, 0.717) is 19.8 Å². The lowest BCUT2D eigenvalue weighted by Crippen LogP contribution is -2.44. The van der Waals surface area contributed by atoms with Gasteiger partial charge in [0.1, 0.15) is 0 Å². The molecule has 5 heteroatoms. The number of rotatable bonds is 4. The predicted octanol–water partition coefficient (Wildman–Crippen LogP) is 2.36. The molecule has 1 saturated heterocycles. The molecule has 0 spiro atoms. The monoisotopic (exact) mass is 301 g/mol. The first-order chi connectivity index (χ1) is 10.8. The Balaban J connectivity index is 1.69. The van der Waals surface area contributed by atoms with Crippen LogP contribution < -0.4 is 0 Å². The van der Waals surface area contributed by atoms with Crippen LogP contribution in [0.5, 0.6) is 0 Å². The summed E-state index contributed by atoms with van der Waals surface area (Å²) in [5, 5.41) is 0. The van der Waals surface area contributed by atoms with E-state index in [1.807, 2.05) is 22.2 Å². The molecule has 118 valence electrons. The standard InChI is InChI=1S/C17H23N3O2/c1-2-9-22-13-15-11-18-10-14-12-20(8-5-16(14)15)17(21)19-6-3-4-7-19/h2,10-11H,1,3-9,12-13H2. The minimum atomic E-state index is 0.177. The molecule has 1 fully saturated rings. The van der Waals surface area contributed by atoms with Crippen molar-refractivity contribution in [3.63, 3.8) is 0 Å². The molecule has 0 aliphatic carbocycles. The maximum absolute atomic E-state index is 12.5. The first-order valence-electron chi connectivity index (χ1n) is 7.96. The minimum absolute atomic E-state index is 0.177. The summed E-state index contributed by atoms with van der Waals surface area (Å²) in [7, 11) is 0. The molecule has 1 aromatic rings. The molecule has 2 aliphatic rings. The largest absolute Gasteiger partial charge is 0.373 e. The molecule has 22 heavy (non-hydrogen) atoms. The number of carbonyl (C=O) groups is 1. The summed E-state index contributed by atoms with van der Waals surface area (Å²) in [5.41, 5.74) is 3.58. The third kappa shape index (κ3) is 3.14. The van der Waals surface area contributed by atoms with Crippen LogP contribution in [0.2, 0.25) is 0 Å². The zero-order valence-corrected chi connectivity index (χ0v) is 13.0. The summed E-state index contributed by atoms with van der Waals surface area (Å²) in [4.78, 5) is 20.7. The van der Waals surface area contributed by atoms with Crippen LogP contribution in [0.4, 0.5) is 4.79 Å². The number of hydrogen-bond acceptors (Lipinski definition) is 3. The Kier molecular flexibility index (Phi) is 4.73. The van der Waals surface area contributed by atoms with Gasteiger partial charge in [-0.15, -0.1) is 6.58 Å². The van der Waals surface area contributed by atoms with Crippen molar-refractivity contribution in [3.05, 3.63) is 41.7 Å². The highest BCUT2D eigenvalue weighted by atomic mass is 16.5. The maximum Gasteiger partial charge on any atom is 0.320 e. The summed E-state index contributed by atoms with van der Waals surface area (Å²) in [6.45, 7) is 8.00. The second kappa shape index (κ2) is 6.92. The van der Waals surface area contributed by atoms with E-state index in [1.165, 1.54) is 5.56 Å². The van der Waals surface area contributed by atoms with E-state index in [1.54, 1.807) is 6.08 Å². The lowest BCUT2D eigenvalue weighted by Gasteiger charge is -2.32. The van der Waals surface area contributed by atoms with Crippen LogP contribution in [0, 0.1) is 0 Å². The molecule has 0 unspecified atom stereocenters. The van der Waals surface area contributed by atoms with Crippen LogP contribution >= 0.6 is 0 Å². The van der Waals surface area contributed by atoms with Gasteiger partial charge in [0.05, 0.1) is 13.2 Å². The predicted molar refractivity (Wildman–Crippen MR) is 84.4 cm³/mol. The Morgan fingerprint density at radius 1 is 1.27 bits per heavy atom. The fourth-order valence-corrected chi connectivity index (χ4v) is 3.22. The van der Waals surface area contributed by atoms with Gasteiger partial charge in [-0.25, -0.2) is 4.79 Å². The van der Waals surface area contributed by atoms with Crippen molar-refractivity contribution in [1.82, 2.24) is 14.8 Å². The summed E-state index contributed by atoms with van der Waals surface area (Å²) in [6, 6.07) is 0.177. The Morgan fingerprint density at radius 2 is 2.09 bits per heavy atom. The molecule has 0 N–H and O–H groups in total. The quantitative estimate of drug-likeness (QED) is 0.633. The third-order valence-corrected chi connectivity index (χ3v) is 4.37. The Morgan fingerprint density at radius 3 is 2.86 bits per heavy atom. The molecule has 3 rings (SSSR count).